The molecule has 0 fully saturated rings. The number of halogens is 2. The van der Waals surface area contributed by atoms with E-state index >= 15 is 0 Å². The number of hydrogen-bond acceptors (Lipinski definition) is 4. The second-order valence-electron chi connectivity index (χ2n) is 7.84. The maximum absolute atomic E-state index is 12.7. The van der Waals surface area contributed by atoms with Gasteiger partial charge in [-0.1, -0.05) is 83.8 Å². The van der Waals surface area contributed by atoms with E-state index < -0.39 is 0 Å². The summed E-state index contributed by atoms with van der Waals surface area (Å²) in [4.78, 5) is 12.7. The van der Waals surface area contributed by atoms with Gasteiger partial charge in [0, 0.05) is 16.3 Å². The lowest BCUT2D eigenvalue weighted by Crippen LogP contribution is -2.24. The predicted molar refractivity (Wildman–Crippen MR) is 139 cm³/mol. The van der Waals surface area contributed by atoms with Gasteiger partial charge in [0.05, 0.1) is 17.3 Å². The number of nitrogens with zero attached hydrogens (tertiary/aromatic N) is 3. The van der Waals surface area contributed by atoms with Crippen LogP contribution in [0, 0.1) is 6.92 Å². The van der Waals surface area contributed by atoms with Gasteiger partial charge in [0.2, 0.25) is 0 Å². The van der Waals surface area contributed by atoms with E-state index in [0.717, 1.165) is 12.2 Å². The number of carbonyl (C=O) groups is 1. The van der Waals surface area contributed by atoms with E-state index in [2.05, 4.69) is 47.6 Å². The van der Waals surface area contributed by atoms with Gasteiger partial charge < -0.3 is 5.32 Å². The van der Waals surface area contributed by atoms with Gasteiger partial charge in [-0.2, -0.15) is 0 Å². The second kappa shape index (κ2) is 11.1. The smallest absolute Gasteiger partial charge is 0.251 e. The van der Waals surface area contributed by atoms with Gasteiger partial charge in [0.1, 0.15) is 0 Å². The number of hydrogen-bond donors (Lipinski definition) is 1. The summed E-state index contributed by atoms with van der Waals surface area (Å²) in [7, 11) is 0. The molecule has 8 heteroatoms. The van der Waals surface area contributed by atoms with Crippen LogP contribution in [0.15, 0.2) is 71.9 Å². The molecular weight excluding hydrogens is 487 g/mol. The lowest BCUT2D eigenvalue weighted by atomic mass is 10.1. The van der Waals surface area contributed by atoms with Crippen LogP contribution >= 0.6 is 35.0 Å². The Morgan fingerprint density at radius 2 is 1.79 bits per heavy atom. The van der Waals surface area contributed by atoms with E-state index in [9.17, 15) is 4.79 Å². The molecule has 0 aliphatic carbocycles. The molecule has 3 aromatic carbocycles. The number of aromatic nitrogens is 3. The zero-order chi connectivity index (χ0) is 24.1. The van der Waals surface area contributed by atoms with Crippen molar-refractivity contribution in [1.29, 1.82) is 0 Å². The molecule has 1 aromatic heterocycles. The van der Waals surface area contributed by atoms with Gasteiger partial charge in [-0.15, -0.1) is 10.2 Å². The van der Waals surface area contributed by atoms with Crippen LogP contribution in [-0.4, -0.2) is 20.7 Å². The third kappa shape index (κ3) is 5.81. The molecule has 0 unspecified atom stereocenters. The van der Waals surface area contributed by atoms with Crippen LogP contribution < -0.4 is 5.32 Å². The van der Waals surface area contributed by atoms with Crippen molar-refractivity contribution in [3.8, 4) is 5.69 Å². The molecule has 0 radical (unpaired) electrons. The van der Waals surface area contributed by atoms with Crippen molar-refractivity contribution < 1.29 is 4.79 Å². The minimum absolute atomic E-state index is 0.173. The van der Waals surface area contributed by atoms with Crippen molar-refractivity contribution in [2.45, 2.75) is 37.7 Å². The molecule has 5 nitrogen and oxygen atoms in total. The average molecular weight is 511 g/mol. The van der Waals surface area contributed by atoms with E-state index in [4.69, 9.17) is 23.2 Å². The van der Waals surface area contributed by atoms with Gasteiger partial charge >= 0.3 is 0 Å². The minimum Gasteiger partial charge on any atom is -0.345 e. The van der Waals surface area contributed by atoms with E-state index in [1.807, 2.05) is 41.0 Å². The first-order chi connectivity index (χ1) is 16.4. The molecular formula is C26H24Cl2N4OS. The largest absolute Gasteiger partial charge is 0.345 e. The molecule has 0 spiro atoms. The topological polar surface area (TPSA) is 59.8 Å². The normalized spacial score (nSPS) is 10.9. The maximum atomic E-state index is 12.7. The monoisotopic (exact) mass is 510 g/mol. The molecule has 1 heterocycles. The molecule has 0 saturated heterocycles. The molecule has 4 rings (SSSR count). The van der Waals surface area contributed by atoms with E-state index in [1.165, 1.54) is 16.7 Å². The first-order valence-electron chi connectivity index (χ1n) is 10.9. The van der Waals surface area contributed by atoms with Gasteiger partial charge in [-0.25, -0.2) is 0 Å². The lowest BCUT2D eigenvalue weighted by Gasteiger charge is -2.13. The Morgan fingerprint density at radius 1 is 1.00 bits per heavy atom. The quantitative estimate of drug-likeness (QED) is 0.269. The Labute approximate surface area is 213 Å². The highest BCUT2D eigenvalue weighted by Gasteiger charge is 2.18. The number of benzene rings is 3. The molecule has 1 N–H and O–H groups in total. The first kappa shape index (κ1) is 24.3. The van der Waals surface area contributed by atoms with Crippen LogP contribution in [-0.2, 0) is 18.7 Å². The molecule has 0 aliphatic heterocycles. The number of aryl methyl sites for hydroxylation is 2. The van der Waals surface area contributed by atoms with Gasteiger partial charge in [-0.3, -0.25) is 9.36 Å². The number of carbonyl (C=O) groups excluding carboxylic acids is 1. The summed E-state index contributed by atoms with van der Waals surface area (Å²) >= 11 is 14.2. The van der Waals surface area contributed by atoms with Crippen LogP contribution in [0.3, 0.4) is 0 Å². The number of amides is 1. The predicted octanol–water partition coefficient (Wildman–Crippen LogP) is 6.67. The Bertz CT molecular complexity index is 1300. The zero-order valence-corrected chi connectivity index (χ0v) is 21.2. The summed E-state index contributed by atoms with van der Waals surface area (Å²) in [6, 6.07) is 21.2. The third-order valence-corrected chi connectivity index (χ3v) is 6.87. The van der Waals surface area contributed by atoms with E-state index in [-0.39, 0.29) is 12.5 Å². The van der Waals surface area contributed by atoms with E-state index in [0.29, 0.717) is 32.3 Å². The highest BCUT2D eigenvalue weighted by molar-refractivity contribution is 7.98. The molecule has 174 valence electrons. The summed E-state index contributed by atoms with van der Waals surface area (Å²) in [6.07, 6.45) is 0.926. The summed E-state index contributed by atoms with van der Waals surface area (Å²) in [5, 5.41) is 13.4. The molecule has 34 heavy (non-hydrogen) atoms. The molecule has 0 aliphatic rings. The summed E-state index contributed by atoms with van der Waals surface area (Å²) < 4.78 is 1.87. The van der Waals surface area contributed by atoms with Crippen LogP contribution in [0.2, 0.25) is 10.0 Å². The second-order valence-corrected chi connectivity index (χ2v) is 9.63. The highest BCUT2D eigenvalue weighted by Crippen LogP contribution is 2.31. The van der Waals surface area contributed by atoms with Crippen LogP contribution in [0.1, 0.15) is 39.8 Å². The van der Waals surface area contributed by atoms with Crippen molar-refractivity contribution in [2.24, 2.45) is 0 Å². The Balaban J connectivity index is 1.59. The Kier molecular flexibility index (Phi) is 7.93. The molecule has 1 amide bonds. The summed E-state index contributed by atoms with van der Waals surface area (Å²) in [5.41, 5.74) is 4.88. The van der Waals surface area contributed by atoms with Crippen molar-refractivity contribution >= 4 is 40.9 Å². The summed E-state index contributed by atoms with van der Waals surface area (Å²) in [5.74, 6) is 1.13. The van der Waals surface area contributed by atoms with Gasteiger partial charge in [0.25, 0.3) is 5.91 Å². The van der Waals surface area contributed by atoms with Crippen LogP contribution in [0.25, 0.3) is 5.69 Å². The average Bonchev–Trinajstić information content (AvgIpc) is 3.24. The highest BCUT2D eigenvalue weighted by atomic mass is 35.5. The van der Waals surface area contributed by atoms with Gasteiger partial charge in [-0.05, 0) is 54.8 Å². The van der Waals surface area contributed by atoms with Gasteiger partial charge in [0.15, 0.2) is 11.0 Å². The standard InChI is InChI=1S/C26H24Cl2N4OS/c1-3-18-7-9-20(10-8-18)25(33)29-15-24-30-31-26(34-16-19-6-4-5-17(2)13-19)32(24)23-12-11-21(27)14-22(23)28/h4-14H,3,15-16H2,1-2H3,(H,29,33). The van der Waals surface area contributed by atoms with Crippen molar-refractivity contribution in [3.05, 3.63) is 105 Å². The number of nitrogens with one attached hydrogen (secondary N) is 1. The van der Waals surface area contributed by atoms with Crippen molar-refractivity contribution in [1.82, 2.24) is 20.1 Å². The molecule has 0 bridgehead atoms. The van der Waals surface area contributed by atoms with Crippen molar-refractivity contribution in [2.75, 3.05) is 0 Å². The first-order valence-corrected chi connectivity index (χ1v) is 12.6. The fourth-order valence-corrected chi connectivity index (χ4v) is 4.92. The third-order valence-electron chi connectivity index (χ3n) is 5.33. The SMILES string of the molecule is CCc1ccc(C(=O)NCc2nnc(SCc3cccc(C)c3)n2-c2ccc(Cl)cc2Cl)cc1. The summed E-state index contributed by atoms with van der Waals surface area (Å²) in [6.45, 7) is 4.35. The Hall–Kier alpha value is -2.80. The minimum atomic E-state index is -0.173. The number of thioether (sulfide) groups is 1. The molecule has 0 atom stereocenters. The maximum Gasteiger partial charge on any atom is 0.251 e. The fourth-order valence-electron chi connectivity index (χ4n) is 3.52. The zero-order valence-electron chi connectivity index (χ0n) is 18.9. The Morgan fingerprint density at radius 3 is 2.50 bits per heavy atom. The van der Waals surface area contributed by atoms with Crippen LogP contribution in [0.4, 0.5) is 0 Å². The molecule has 0 saturated carbocycles. The van der Waals surface area contributed by atoms with Crippen molar-refractivity contribution in [3.63, 3.8) is 0 Å². The fraction of sp³-hybridized carbons (Fsp3) is 0.192. The van der Waals surface area contributed by atoms with E-state index in [1.54, 1.807) is 23.9 Å². The lowest BCUT2D eigenvalue weighted by molar-refractivity contribution is 0.0949. The van der Waals surface area contributed by atoms with Crippen LogP contribution in [0.5, 0.6) is 0 Å². The number of rotatable bonds is 8. The molecule has 4 aromatic rings.